The van der Waals surface area contributed by atoms with Crippen LogP contribution < -0.4 is 0 Å². The maximum Gasteiger partial charge on any atom is 0.107 e. The number of hydrogen-bond donors (Lipinski definition) is 0. The third-order valence-electron chi connectivity index (χ3n) is 1.92. The first-order valence-corrected chi connectivity index (χ1v) is 8.08. The molecule has 0 nitrogen and oxygen atoms in total. The van der Waals surface area contributed by atoms with Crippen LogP contribution in [0.3, 0.4) is 0 Å². The molecule has 0 unspecified atom stereocenters. The second-order valence-corrected chi connectivity index (χ2v) is 7.22. The summed E-state index contributed by atoms with van der Waals surface area (Å²) < 4.78 is 0. The molecule has 0 atom stereocenters. The van der Waals surface area contributed by atoms with Crippen molar-refractivity contribution in [3.63, 3.8) is 0 Å². The maximum absolute atomic E-state index is 3.78. The summed E-state index contributed by atoms with van der Waals surface area (Å²) in [6.45, 7) is 15.1. The van der Waals surface area contributed by atoms with Crippen LogP contribution in [0.25, 0.3) is 0 Å². The largest absolute Gasteiger partial charge is 0.108 e. The highest BCUT2D eigenvalue weighted by Gasteiger charge is 1.96. The minimum Gasteiger partial charge on any atom is -0.108 e. The molecule has 0 amide bonds. The Hall–Kier alpha value is -0.866. The maximum atomic E-state index is 3.78. The topological polar surface area (TPSA) is 0 Å². The molecule has 0 N–H and O–H groups in total. The van der Waals surface area contributed by atoms with E-state index in [1.54, 1.807) is 0 Å². The minimum absolute atomic E-state index is 0.214. The molecule has 0 aliphatic heterocycles. The first kappa shape index (κ1) is 12.1. The lowest BCUT2D eigenvalue weighted by molar-refractivity contribution is 1.38. The first-order valence-electron chi connectivity index (χ1n) is 4.45. The zero-order valence-corrected chi connectivity index (χ0v) is 10.7. The van der Waals surface area contributed by atoms with Crippen LogP contribution in [-0.4, -0.2) is 18.3 Å². The Kier molecular flexibility index (Phi) is 7.25. The van der Waals surface area contributed by atoms with E-state index in [9.17, 15) is 0 Å². The van der Waals surface area contributed by atoms with E-state index in [1.165, 1.54) is 0 Å². The Labute approximate surface area is 85.5 Å². The summed E-state index contributed by atoms with van der Waals surface area (Å²) in [7, 11) is -1.17. The highest BCUT2D eigenvalue weighted by atomic mass is 28.3. The summed E-state index contributed by atoms with van der Waals surface area (Å²) in [4.78, 5) is 0. The van der Waals surface area contributed by atoms with Crippen molar-refractivity contribution in [1.29, 1.82) is 0 Å². The van der Waals surface area contributed by atoms with Crippen LogP contribution >= 0.6 is 0 Å². The van der Waals surface area contributed by atoms with Crippen LogP contribution in [0.2, 0.25) is 5.54 Å². The summed E-state index contributed by atoms with van der Waals surface area (Å²) in [5.74, 6) is 0. The van der Waals surface area contributed by atoms with E-state index in [4.69, 9.17) is 0 Å². The highest BCUT2D eigenvalue weighted by molar-refractivity contribution is 6.75. The quantitative estimate of drug-likeness (QED) is 0.442. The number of hydrogen-bond acceptors (Lipinski definition) is 0. The molecule has 13 heavy (non-hydrogen) atoms. The Bertz CT molecular complexity index is 200. The van der Waals surface area contributed by atoms with Gasteiger partial charge >= 0.3 is 0 Å². The molecule has 0 aromatic rings. The minimum atomic E-state index is -0.960. The van der Waals surface area contributed by atoms with Gasteiger partial charge in [-0.3, -0.25) is 0 Å². The van der Waals surface area contributed by atoms with Crippen molar-refractivity contribution in [3.8, 4) is 0 Å². The van der Waals surface area contributed by atoms with Gasteiger partial charge in [-0.2, -0.15) is 0 Å². The smallest absolute Gasteiger partial charge is 0.107 e. The zero-order chi connectivity index (χ0) is 10.1. The molecule has 0 aliphatic carbocycles. The summed E-state index contributed by atoms with van der Waals surface area (Å²) in [5.41, 5.74) is 9.17. The molecule has 0 radical (unpaired) electrons. The molecule has 2 heteroatoms. The third kappa shape index (κ3) is 5.38. The second-order valence-electron chi connectivity index (χ2n) is 2.85. The van der Waals surface area contributed by atoms with Gasteiger partial charge in [-0.05, 0) is 5.54 Å². The van der Waals surface area contributed by atoms with Gasteiger partial charge in [-0.15, -0.1) is 32.0 Å². The van der Waals surface area contributed by atoms with Gasteiger partial charge < -0.3 is 0 Å². The summed E-state index contributed by atoms with van der Waals surface area (Å²) in [6, 6.07) is 0. The predicted octanol–water partition coefficient (Wildman–Crippen LogP) is 2.05. The highest BCUT2D eigenvalue weighted by Crippen LogP contribution is 2.04. The van der Waals surface area contributed by atoms with Crippen LogP contribution in [0, 0.1) is 0 Å². The molecule has 0 saturated heterocycles. The Balaban J connectivity index is 3.96. The average molecular weight is 206 g/mol. The van der Waals surface area contributed by atoms with E-state index < -0.39 is 8.80 Å². The molecule has 0 aliphatic rings. The monoisotopic (exact) mass is 206 g/mol. The van der Waals surface area contributed by atoms with Crippen molar-refractivity contribution in [2.75, 3.05) is 0 Å². The van der Waals surface area contributed by atoms with Crippen molar-refractivity contribution in [1.82, 2.24) is 0 Å². The normalized spacial score (nSPS) is 11.5. The SMILES string of the molecule is C=CC(C=C)[SiH2]C=C[SiH](C=C)C=C. The molecule has 0 fully saturated rings. The number of allylic oxidation sites excluding steroid dienone is 2. The molecular formula is C11H18Si2. The standard InChI is InChI=1S/C11H18Si2/c1-5-11(6-2)12-9-10-13(7-3)8-4/h5-11,13H,1-4,12H2. The molecule has 0 saturated carbocycles. The molecule has 0 aromatic carbocycles. The van der Waals surface area contributed by atoms with Crippen LogP contribution in [0.5, 0.6) is 0 Å². The molecule has 0 heterocycles. The van der Waals surface area contributed by atoms with Crippen molar-refractivity contribution in [2.24, 2.45) is 0 Å². The van der Waals surface area contributed by atoms with Crippen molar-refractivity contribution in [2.45, 2.75) is 5.54 Å². The van der Waals surface area contributed by atoms with Gasteiger partial charge in [0.15, 0.2) is 0 Å². The van der Waals surface area contributed by atoms with E-state index >= 15 is 0 Å². The van der Waals surface area contributed by atoms with E-state index in [0.29, 0.717) is 5.54 Å². The van der Waals surface area contributed by atoms with Crippen molar-refractivity contribution >= 4 is 18.3 Å². The van der Waals surface area contributed by atoms with E-state index in [2.05, 4.69) is 37.7 Å². The predicted molar refractivity (Wildman–Crippen MR) is 69.4 cm³/mol. The fraction of sp³-hybridized carbons (Fsp3) is 0.0909. The summed E-state index contributed by atoms with van der Waals surface area (Å²) in [6.07, 6.45) is 3.95. The Morgan fingerprint density at radius 2 is 1.54 bits per heavy atom. The van der Waals surface area contributed by atoms with Crippen LogP contribution in [0.15, 0.2) is 61.3 Å². The summed E-state index contributed by atoms with van der Waals surface area (Å²) in [5, 5.41) is 0. The molecule has 0 rings (SSSR count). The second kappa shape index (κ2) is 7.77. The zero-order valence-electron chi connectivity index (χ0n) is 8.15. The molecule has 0 aromatic heterocycles. The van der Waals surface area contributed by atoms with Gasteiger partial charge in [0.25, 0.3) is 0 Å². The summed E-state index contributed by atoms with van der Waals surface area (Å²) >= 11 is 0. The van der Waals surface area contributed by atoms with Gasteiger partial charge in [0.2, 0.25) is 0 Å². The lowest BCUT2D eigenvalue weighted by Gasteiger charge is -2.00. The third-order valence-corrected chi connectivity index (χ3v) is 6.02. The van der Waals surface area contributed by atoms with Gasteiger partial charge in [0.1, 0.15) is 8.80 Å². The Morgan fingerprint density at radius 3 is 1.92 bits per heavy atom. The fourth-order valence-electron chi connectivity index (χ4n) is 0.935. The first-order chi connectivity index (χ1) is 6.28. The van der Waals surface area contributed by atoms with Crippen LogP contribution in [0.4, 0.5) is 0 Å². The van der Waals surface area contributed by atoms with Gasteiger partial charge in [0.05, 0.1) is 9.52 Å². The number of rotatable bonds is 7. The lowest BCUT2D eigenvalue weighted by Crippen LogP contribution is -2.02. The Morgan fingerprint density at radius 1 is 1.00 bits per heavy atom. The molecule has 0 bridgehead atoms. The van der Waals surface area contributed by atoms with E-state index in [-0.39, 0.29) is 9.52 Å². The van der Waals surface area contributed by atoms with E-state index in [1.807, 2.05) is 23.6 Å². The average Bonchev–Trinajstić information content (AvgIpc) is 2.19. The lowest BCUT2D eigenvalue weighted by atomic mass is 10.4. The van der Waals surface area contributed by atoms with Crippen LogP contribution in [-0.2, 0) is 0 Å². The molecule has 0 spiro atoms. The van der Waals surface area contributed by atoms with Gasteiger partial charge in [-0.25, -0.2) is 0 Å². The van der Waals surface area contributed by atoms with Crippen molar-refractivity contribution < 1.29 is 0 Å². The van der Waals surface area contributed by atoms with Gasteiger partial charge in [-0.1, -0.05) is 29.2 Å². The molecular weight excluding hydrogens is 188 g/mol. The van der Waals surface area contributed by atoms with E-state index in [0.717, 1.165) is 0 Å². The van der Waals surface area contributed by atoms with Crippen LogP contribution in [0.1, 0.15) is 0 Å². The van der Waals surface area contributed by atoms with Gasteiger partial charge in [0, 0.05) is 0 Å². The van der Waals surface area contributed by atoms with Crippen molar-refractivity contribution in [3.05, 3.63) is 61.3 Å². The fourth-order valence-corrected chi connectivity index (χ4v) is 4.03. The molecule has 70 valence electrons.